The lowest BCUT2D eigenvalue weighted by Crippen LogP contribution is -2.29. The maximum atomic E-state index is 3.62. The molecule has 4 heteroatoms. The van der Waals surface area contributed by atoms with Gasteiger partial charge < -0.3 is 5.32 Å². The molecule has 2 nitrogen and oxygen atoms in total. The lowest BCUT2D eigenvalue weighted by atomic mass is 10.1. The number of fused-ring (bicyclic) bond motifs is 1. The van der Waals surface area contributed by atoms with Gasteiger partial charge in [0.25, 0.3) is 0 Å². The molecule has 1 N–H and O–H groups in total. The van der Waals surface area contributed by atoms with E-state index in [1.54, 1.807) is 10.4 Å². The Kier molecular flexibility index (Phi) is 3.88. The number of hydrogen-bond donors (Lipinski definition) is 1. The first-order chi connectivity index (χ1) is 10.3. The number of aryl methyl sites for hydroxylation is 1. The summed E-state index contributed by atoms with van der Waals surface area (Å²) in [5.41, 5.74) is 3.08. The number of nitrogens with zero attached hydrogens (tertiary/aromatic N) is 1. The van der Waals surface area contributed by atoms with Crippen LogP contribution in [0.3, 0.4) is 0 Å². The zero-order valence-corrected chi connectivity index (χ0v) is 14.2. The minimum absolute atomic E-state index is 0.801. The second-order valence-electron chi connectivity index (χ2n) is 6.28. The van der Waals surface area contributed by atoms with Gasteiger partial charge in [0, 0.05) is 46.9 Å². The second kappa shape index (κ2) is 5.84. The molecule has 3 heterocycles. The van der Waals surface area contributed by atoms with Crippen molar-refractivity contribution in [2.75, 3.05) is 6.54 Å². The average molecular weight is 319 g/mol. The van der Waals surface area contributed by atoms with Crippen LogP contribution < -0.4 is 5.32 Å². The zero-order valence-electron chi connectivity index (χ0n) is 12.5. The van der Waals surface area contributed by atoms with E-state index in [-0.39, 0.29) is 0 Å². The van der Waals surface area contributed by atoms with Gasteiger partial charge in [-0.15, -0.1) is 22.7 Å². The van der Waals surface area contributed by atoms with Crippen molar-refractivity contribution >= 4 is 22.7 Å². The van der Waals surface area contributed by atoms with Crippen LogP contribution in [0.1, 0.15) is 38.6 Å². The maximum Gasteiger partial charge on any atom is 0.0302 e. The van der Waals surface area contributed by atoms with Gasteiger partial charge in [0.15, 0.2) is 0 Å². The van der Waals surface area contributed by atoms with Crippen LogP contribution in [-0.2, 0) is 26.1 Å². The van der Waals surface area contributed by atoms with Gasteiger partial charge in [-0.1, -0.05) is 0 Å². The summed E-state index contributed by atoms with van der Waals surface area (Å²) in [5, 5.41) is 5.87. The Morgan fingerprint density at radius 1 is 1.38 bits per heavy atom. The average Bonchev–Trinajstić information content (AvgIpc) is 3.08. The lowest BCUT2D eigenvalue weighted by Gasteiger charge is -2.26. The van der Waals surface area contributed by atoms with E-state index in [2.05, 4.69) is 34.7 Å². The maximum absolute atomic E-state index is 3.62. The molecular formula is C17H22N2S2. The van der Waals surface area contributed by atoms with E-state index < -0.39 is 0 Å². The highest BCUT2D eigenvalue weighted by Gasteiger charge is 2.21. The van der Waals surface area contributed by atoms with Crippen molar-refractivity contribution in [3.63, 3.8) is 0 Å². The fraction of sp³-hybridized carbons (Fsp3) is 0.529. The molecule has 1 fully saturated rings. The van der Waals surface area contributed by atoms with E-state index >= 15 is 0 Å². The molecule has 4 rings (SSSR count). The third-order valence-corrected chi connectivity index (χ3v) is 6.61. The molecule has 2 aromatic rings. The zero-order chi connectivity index (χ0) is 14.2. The summed E-state index contributed by atoms with van der Waals surface area (Å²) < 4.78 is 0. The normalized spacial score (nSPS) is 18.9. The molecule has 1 saturated carbocycles. The second-order valence-corrected chi connectivity index (χ2v) is 8.62. The van der Waals surface area contributed by atoms with Gasteiger partial charge in [-0.2, -0.15) is 0 Å². The van der Waals surface area contributed by atoms with Crippen molar-refractivity contribution in [2.24, 2.45) is 0 Å². The van der Waals surface area contributed by atoms with Crippen molar-refractivity contribution < 1.29 is 0 Å². The molecule has 1 aliphatic heterocycles. The number of thiophene rings is 2. The van der Waals surface area contributed by atoms with E-state index in [4.69, 9.17) is 0 Å². The van der Waals surface area contributed by atoms with E-state index in [9.17, 15) is 0 Å². The molecule has 1 aliphatic carbocycles. The lowest BCUT2D eigenvalue weighted by molar-refractivity contribution is 0.247. The van der Waals surface area contributed by atoms with Crippen LogP contribution in [0.15, 0.2) is 17.5 Å². The third kappa shape index (κ3) is 3.24. The highest BCUT2D eigenvalue weighted by atomic mass is 32.1. The molecule has 0 bridgehead atoms. The molecule has 2 aliphatic rings. The van der Waals surface area contributed by atoms with E-state index in [0.29, 0.717) is 0 Å². The molecule has 112 valence electrons. The smallest absolute Gasteiger partial charge is 0.0302 e. The molecule has 0 radical (unpaired) electrons. The van der Waals surface area contributed by atoms with Crippen LogP contribution in [0.5, 0.6) is 0 Å². The third-order valence-electron chi connectivity index (χ3n) is 4.49. The minimum atomic E-state index is 0.801. The summed E-state index contributed by atoms with van der Waals surface area (Å²) in [6, 6.07) is 5.53. The Balaban J connectivity index is 1.40. The Bertz CT molecular complexity index is 625. The highest BCUT2D eigenvalue weighted by Crippen LogP contribution is 2.28. The molecule has 0 saturated heterocycles. The Morgan fingerprint density at radius 2 is 2.29 bits per heavy atom. The number of hydrogen-bond acceptors (Lipinski definition) is 4. The van der Waals surface area contributed by atoms with Crippen molar-refractivity contribution in [2.45, 2.75) is 51.9 Å². The van der Waals surface area contributed by atoms with Gasteiger partial charge >= 0.3 is 0 Å². The highest BCUT2D eigenvalue weighted by molar-refractivity contribution is 7.12. The summed E-state index contributed by atoms with van der Waals surface area (Å²) in [7, 11) is 0. The van der Waals surface area contributed by atoms with Crippen molar-refractivity contribution in [1.29, 1.82) is 0 Å². The first-order valence-electron chi connectivity index (χ1n) is 7.87. The molecule has 0 spiro atoms. The van der Waals surface area contributed by atoms with E-state index in [0.717, 1.165) is 25.7 Å². The van der Waals surface area contributed by atoms with Gasteiger partial charge in [-0.05, 0) is 54.8 Å². The fourth-order valence-corrected chi connectivity index (χ4v) is 4.94. The summed E-state index contributed by atoms with van der Waals surface area (Å²) in [6.45, 7) is 6.79. The Morgan fingerprint density at radius 3 is 3.14 bits per heavy atom. The van der Waals surface area contributed by atoms with Crippen LogP contribution in [-0.4, -0.2) is 17.5 Å². The van der Waals surface area contributed by atoms with E-state index in [1.165, 1.54) is 41.1 Å². The monoisotopic (exact) mass is 318 g/mol. The van der Waals surface area contributed by atoms with Crippen LogP contribution in [0.25, 0.3) is 0 Å². The van der Waals surface area contributed by atoms with Crippen LogP contribution in [0, 0.1) is 6.92 Å². The van der Waals surface area contributed by atoms with Crippen LogP contribution >= 0.6 is 22.7 Å². The van der Waals surface area contributed by atoms with Crippen molar-refractivity contribution in [3.05, 3.63) is 43.3 Å². The molecule has 0 atom stereocenters. The molecular weight excluding hydrogens is 296 g/mol. The van der Waals surface area contributed by atoms with Crippen LogP contribution in [0.2, 0.25) is 0 Å². The SMILES string of the molecule is Cc1sc(CNC2CC2)cc1CN1CCc2sccc2C1. The quantitative estimate of drug-likeness (QED) is 0.898. The van der Waals surface area contributed by atoms with Gasteiger partial charge in [-0.3, -0.25) is 4.90 Å². The van der Waals surface area contributed by atoms with Crippen LogP contribution in [0.4, 0.5) is 0 Å². The molecule has 2 aromatic heterocycles. The van der Waals surface area contributed by atoms with Gasteiger partial charge in [0.2, 0.25) is 0 Å². The van der Waals surface area contributed by atoms with Gasteiger partial charge in [-0.25, -0.2) is 0 Å². The predicted molar refractivity (Wildman–Crippen MR) is 91.1 cm³/mol. The number of nitrogens with one attached hydrogen (secondary N) is 1. The molecule has 0 aromatic carbocycles. The predicted octanol–water partition coefficient (Wildman–Crippen LogP) is 3.93. The van der Waals surface area contributed by atoms with Gasteiger partial charge in [0.1, 0.15) is 0 Å². The van der Waals surface area contributed by atoms with Crippen molar-refractivity contribution in [3.8, 4) is 0 Å². The summed E-state index contributed by atoms with van der Waals surface area (Å²) >= 11 is 3.90. The minimum Gasteiger partial charge on any atom is -0.309 e. The molecule has 0 amide bonds. The molecule has 0 unspecified atom stereocenters. The Labute approximate surface area is 134 Å². The summed E-state index contributed by atoms with van der Waals surface area (Å²) in [6.07, 6.45) is 3.97. The molecule has 21 heavy (non-hydrogen) atoms. The first kappa shape index (κ1) is 13.9. The summed E-state index contributed by atoms with van der Waals surface area (Å²) in [4.78, 5) is 7.20. The largest absolute Gasteiger partial charge is 0.309 e. The summed E-state index contributed by atoms with van der Waals surface area (Å²) in [5.74, 6) is 0. The van der Waals surface area contributed by atoms with Crippen molar-refractivity contribution in [1.82, 2.24) is 10.2 Å². The first-order valence-corrected chi connectivity index (χ1v) is 9.57. The fourth-order valence-electron chi connectivity index (χ4n) is 3.05. The van der Waals surface area contributed by atoms with E-state index in [1.807, 2.05) is 22.7 Å². The van der Waals surface area contributed by atoms with Gasteiger partial charge in [0.05, 0.1) is 0 Å². The number of rotatable bonds is 5. The standard InChI is InChI=1S/C17H22N2S2/c1-12-14(8-16(21-12)9-18-15-2-3-15)11-19-6-4-17-13(10-19)5-7-20-17/h5,7-8,15,18H,2-4,6,9-11H2,1H3. The topological polar surface area (TPSA) is 15.3 Å². The Hall–Kier alpha value is -0.680.